The maximum atomic E-state index is 14.4. The van der Waals surface area contributed by atoms with Crippen LogP contribution in [0.5, 0.6) is 0 Å². The van der Waals surface area contributed by atoms with Crippen molar-refractivity contribution in [2.45, 2.75) is 38.1 Å². The van der Waals surface area contributed by atoms with Crippen LogP contribution >= 0.6 is 0 Å². The highest BCUT2D eigenvalue weighted by Gasteiger charge is 2.44. The molecule has 4 heterocycles. The molecule has 1 fully saturated rings. The molecule has 1 saturated heterocycles. The molecule has 2 N–H and O–H groups in total. The van der Waals surface area contributed by atoms with Gasteiger partial charge < -0.3 is 10.6 Å². The fourth-order valence-electron chi connectivity index (χ4n) is 3.39. The minimum Gasteiger partial charge on any atom is -0.345 e. The lowest BCUT2D eigenvalue weighted by Crippen LogP contribution is -2.57. The van der Waals surface area contributed by atoms with Crippen molar-refractivity contribution < 1.29 is 22.8 Å². The predicted molar refractivity (Wildman–Crippen MR) is 115 cm³/mol. The minimum atomic E-state index is -2.75. The van der Waals surface area contributed by atoms with Gasteiger partial charge in [0.15, 0.2) is 11.5 Å². The van der Waals surface area contributed by atoms with E-state index in [0.29, 0.717) is 5.69 Å². The molecule has 0 spiro atoms. The molecule has 0 aliphatic carbocycles. The van der Waals surface area contributed by atoms with E-state index in [1.54, 1.807) is 18.3 Å². The monoisotopic (exact) mass is 492 g/mol. The normalized spacial score (nSPS) is 15.9. The van der Waals surface area contributed by atoms with Crippen LogP contribution in [-0.2, 0) is 24.4 Å². The van der Waals surface area contributed by atoms with Gasteiger partial charge in [0.05, 0.1) is 50.8 Å². The number of carbonyl (C=O) groups is 2. The second kappa shape index (κ2) is 10.6. The van der Waals surface area contributed by atoms with Crippen molar-refractivity contribution >= 4 is 17.6 Å². The molecule has 0 bridgehead atoms. The van der Waals surface area contributed by atoms with Crippen molar-refractivity contribution in [2.75, 3.05) is 25.0 Å². The summed E-state index contributed by atoms with van der Waals surface area (Å²) < 4.78 is 42.7. The number of pyridine rings is 1. The van der Waals surface area contributed by atoms with Gasteiger partial charge >= 0.3 is 0 Å². The molecule has 1 unspecified atom stereocenters. The predicted octanol–water partition coefficient (Wildman–Crippen LogP) is 0.512. The molecular formula is C20H23F3N10O2. The molecule has 4 rings (SSSR count). The van der Waals surface area contributed by atoms with Gasteiger partial charge in [-0.15, -0.1) is 10.2 Å². The Morgan fingerprint density at radius 2 is 1.91 bits per heavy atom. The zero-order chi connectivity index (χ0) is 24.8. The molecule has 35 heavy (non-hydrogen) atoms. The van der Waals surface area contributed by atoms with Crippen LogP contribution in [0.1, 0.15) is 22.6 Å². The lowest BCUT2D eigenvalue weighted by molar-refractivity contribution is -0.141. The first-order valence-electron chi connectivity index (χ1n) is 10.8. The van der Waals surface area contributed by atoms with Crippen molar-refractivity contribution in [1.29, 1.82) is 0 Å². The molecule has 1 atom stereocenters. The SMILES string of the molecule is O=C(CN1CC(F)(F)C1)Nc1cn(CC(F)CCn2cc(C(=O)NCc3ccccn3)nn2)nn1. The number of hydrogen-bond acceptors (Lipinski definition) is 8. The Hall–Kier alpha value is -3.88. The summed E-state index contributed by atoms with van der Waals surface area (Å²) >= 11 is 0. The van der Waals surface area contributed by atoms with E-state index in [0.717, 1.165) is 0 Å². The van der Waals surface area contributed by atoms with Crippen molar-refractivity contribution in [1.82, 2.24) is 45.2 Å². The number of aryl methyl sites for hydroxylation is 1. The Balaban J connectivity index is 1.17. The number of anilines is 1. The first-order valence-corrected chi connectivity index (χ1v) is 10.8. The molecule has 1 aliphatic rings. The molecule has 0 saturated carbocycles. The van der Waals surface area contributed by atoms with Gasteiger partial charge in [-0.25, -0.2) is 17.9 Å². The molecule has 3 aromatic heterocycles. The highest BCUT2D eigenvalue weighted by atomic mass is 19.3. The number of hydrogen-bond donors (Lipinski definition) is 2. The van der Waals surface area contributed by atoms with E-state index in [4.69, 9.17) is 0 Å². The summed E-state index contributed by atoms with van der Waals surface area (Å²) in [4.78, 5) is 29.5. The summed E-state index contributed by atoms with van der Waals surface area (Å²) in [6, 6.07) is 5.37. The summed E-state index contributed by atoms with van der Waals surface area (Å²) in [5.41, 5.74) is 0.806. The summed E-state index contributed by atoms with van der Waals surface area (Å²) in [5.74, 6) is -3.57. The number of amides is 2. The Kier molecular flexibility index (Phi) is 7.33. The fourth-order valence-corrected chi connectivity index (χ4v) is 3.39. The average Bonchev–Trinajstić information content (AvgIpc) is 3.45. The van der Waals surface area contributed by atoms with Gasteiger partial charge in [0, 0.05) is 19.2 Å². The largest absolute Gasteiger partial charge is 0.345 e. The van der Waals surface area contributed by atoms with Crippen LogP contribution in [0.2, 0.25) is 0 Å². The van der Waals surface area contributed by atoms with E-state index in [-0.39, 0.29) is 44.1 Å². The molecule has 2 amide bonds. The molecule has 3 aromatic rings. The second-order valence-corrected chi connectivity index (χ2v) is 8.13. The third-order valence-electron chi connectivity index (χ3n) is 5.07. The summed E-state index contributed by atoms with van der Waals surface area (Å²) in [7, 11) is 0. The molecule has 0 radical (unpaired) electrons. The van der Waals surface area contributed by atoms with Crippen LogP contribution in [0.3, 0.4) is 0 Å². The Labute approximate surface area is 197 Å². The van der Waals surface area contributed by atoms with E-state index in [2.05, 4.69) is 36.2 Å². The number of alkyl halides is 3. The summed E-state index contributed by atoms with van der Waals surface area (Å²) in [6.07, 6.45) is 3.17. The molecule has 186 valence electrons. The Morgan fingerprint density at radius 3 is 2.66 bits per heavy atom. The number of carbonyl (C=O) groups excluding carboxylic acids is 2. The standard InChI is InChI=1S/C20H23F3N10O2/c21-14(8-33-10-17(28-30-33)26-18(34)11-31-12-20(22,23)13-31)4-6-32-9-16(27-29-32)19(35)25-7-15-3-1-2-5-24-15/h1-3,5,9-10,14H,4,6-8,11-13H2,(H,25,35)(H,26,34). The summed E-state index contributed by atoms with van der Waals surface area (Å²) in [6.45, 7) is -0.795. The maximum Gasteiger partial charge on any atom is 0.273 e. The fraction of sp³-hybridized carbons (Fsp3) is 0.450. The highest BCUT2D eigenvalue weighted by Crippen LogP contribution is 2.25. The first kappa shape index (κ1) is 24.3. The second-order valence-electron chi connectivity index (χ2n) is 8.13. The topological polar surface area (TPSA) is 136 Å². The molecule has 12 nitrogen and oxygen atoms in total. The Morgan fingerprint density at radius 1 is 1.11 bits per heavy atom. The first-order chi connectivity index (χ1) is 16.8. The van der Waals surface area contributed by atoms with Crippen LogP contribution in [0.25, 0.3) is 0 Å². The molecular weight excluding hydrogens is 469 g/mol. The van der Waals surface area contributed by atoms with Crippen molar-refractivity contribution in [3.8, 4) is 0 Å². The number of nitrogens with zero attached hydrogens (tertiary/aromatic N) is 8. The maximum absolute atomic E-state index is 14.4. The zero-order valence-electron chi connectivity index (χ0n) is 18.5. The van der Waals surface area contributed by atoms with Gasteiger partial charge in [-0.1, -0.05) is 16.5 Å². The van der Waals surface area contributed by atoms with Gasteiger partial charge in [0.25, 0.3) is 11.8 Å². The molecule has 15 heteroatoms. The van der Waals surface area contributed by atoms with Gasteiger partial charge in [-0.2, -0.15) is 0 Å². The average molecular weight is 492 g/mol. The minimum absolute atomic E-state index is 0.0725. The zero-order valence-corrected chi connectivity index (χ0v) is 18.5. The third-order valence-corrected chi connectivity index (χ3v) is 5.07. The van der Waals surface area contributed by atoms with Crippen LogP contribution in [-0.4, -0.2) is 83.4 Å². The third kappa shape index (κ3) is 7.05. The van der Waals surface area contributed by atoms with E-state index in [9.17, 15) is 22.8 Å². The molecule has 0 aromatic carbocycles. The highest BCUT2D eigenvalue weighted by molar-refractivity contribution is 5.92. The van der Waals surface area contributed by atoms with Crippen LogP contribution < -0.4 is 10.6 Å². The van der Waals surface area contributed by atoms with Crippen LogP contribution in [0, 0.1) is 0 Å². The molecule has 1 aliphatic heterocycles. The van der Waals surface area contributed by atoms with Gasteiger partial charge in [0.1, 0.15) is 6.17 Å². The van der Waals surface area contributed by atoms with Crippen molar-refractivity contribution in [3.63, 3.8) is 0 Å². The lowest BCUT2D eigenvalue weighted by atomic mass is 10.1. The van der Waals surface area contributed by atoms with Gasteiger partial charge in [-0.3, -0.25) is 24.2 Å². The van der Waals surface area contributed by atoms with E-state index in [1.165, 1.54) is 26.7 Å². The number of rotatable bonds is 11. The van der Waals surface area contributed by atoms with Crippen molar-refractivity contribution in [2.24, 2.45) is 0 Å². The van der Waals surface area contributed by atoms with E-state index >= 15 is 0 Å². The van der Waals surface area contributed by atoms with Gasteiger partial charge in [0.2, 0.25) is 5.91 Å². The summed E-state index contributed by atoms with van der Waals surface area (Å²) in [5, 5.41) is 20.3. The Bertz CT molecular complexity index is 1140. The van der Waals surface area contributed by atoms with E-state index in [1.807, 2.05) is 6.07 Å². The van der Waals surface area contributed by atoms with Crippen LogP contribution in [0.15, 0.2) is 36.8 Å². The smallest absolute Gasteiger partial charge is 0.273 e. The van der Waals surface area contributed by atoms with Crippen LogP contribution in [0.4, 0.5) is 19.0 Å². The quantitative estimate of drug-likeness (QED) is 0.395. The lowest BCUT2D eigenvalue weighted by Gasteiger charge is -2.37. The van der Waals surface area contributed by atoms with Crippen molar-refractivity contribution in [3.05, 3.63) is 48.2 Å². The number of halogens is 3. The number of aromatic nitrogens is 7. The van der Waals surface area contributed by atoms with Gasteiger partial charge in [-0.05, 0) is 12.1 Å². The van der Waals surface area contributed by atoms with E-state index < -0.39 is 37.0 Å². The number of nitrogens with one attached hydrogen (secondary N) is 2. The number of likely N-dealkylation sites (tertiary alicyclic amines) is 1.